The van der Waals surface area contributed by atoms with Gasteiger partial charge in [-0.1, -0.05) is 0 Å². The van der Waals surface area contributed by atoms with Crippen LogP contribution in [0.2, 0.25) is 0 Å². The largest absolute Gasteiger partial charge is 0.339 e. The molecule has 0 atom stereocenters. The topological polar surface area (TPSA) is 93.3 Å². The summed E-state index contributed by atoms with van der Waals surface area (Å²) < 4.78 is 1.41. The Bertz CT molecular complexity index is 505. The summed E-state index contributed by atoms with van der Waals surface area (Å²) in [6, 6.07) is 0. The maximum Gasteiger partial charge on any atom is 0.312 e. The summed E-state index contributed by atoms with van der Waals surface area (Å²) in [6.45, 7) is 6.15. The van der Waals surface area contributed by atoms with Crippen molar-refractivity contribution in [1.82, 2.24) is 20.0 Å². The fourth-order valence-electron chi connectivity index (χ4n) is 2.25. The first-order valence-electron chi connectivity index (χ1n) is 6.17. The number of nitro groups is 1. The molecule has 0 unspecified atom stereocenters. The number of piperazine rings is 1. The maximum atomic E-state index is 12.1. The van der Waals surface area contributed by atoms with Crippen LogP contribution >= 0.6 is 0 Å². The molecule has 1 aliphatic heterocycles. The van der Waals surface area contributed by atoms with Crippen molar-refractivity contribution in [1.29, 1.82) is 0 Å². The van der Waals surface area contributed by atoms with E-state index in [9.17, 15) is 14.9 Å². The number of aryl methyl sites for hydroxylation is 1. The number of rotatable bonds is 3. The first-order valence-corrected chi connectivity index (χ1v) is 6.17. The number of carbonyl (C=O) groups excluding carboxylic acids is 1. The SMILES string of the molecule is Cc1nn(CC(=O)N2CCNCC2)c(C)c1[N+](=O)[O-]. The summed E-state index contributed by atoms with van der Waals surface area (Å²) in [5.74, 6) is -0.0537. The molecule has 2 heterocycles. The van der Waals surface area contributed by atoms with Crippen molar-refractivity contribution in [3.05, 3.63) is 21.5 Å². The fraction of sp³-hybridized carbons (Fsp3) is 0.636. The third kappa shape index (κ3) is 2.73. The number of nitrogens with one attached hydrogen (secondary N) is 1. The Morgan fingerprint density at radius 3 is 2.58 bits per heavy atom. The number of amides is 1. The van der Waals surface area contributed by atoms with E-state index in [1.54, 1.807) is 18.7 Å². The number of hydrogen-bond donors (Lipinski definition) is 1. The average Bonchev–Trinajstić information content (AvgIpc) is 2.65. The van der Waals surface area contributed by atoms with Crippen molar-refractivity contribution in [2.75, 3.05) is 26.2 Å². The van der Waals surface area contributed by atoms with Crippen molar-refractivity contribution in [2.45, 2.75) is 20.4 Å². The third-order valence-corrected chi connectivity index (χ3v) is 3.28. The van der Waals surface area contributed by atoms with Gasteiger partial charge in [-0.3, -0.25) is 19.6 Å². The van der Waals surface area contributed by atoms with Gasteiger partial charge >= 0.3 is 5.69 Å². The Balaban J connectivity index is 2.13. The van der Waals surface area contributed by atoms with Crippen molar-refractivity contribution >= 4 is 11.6 Å². The van der Waals surface area contributed by atoms with Crippen LogP contribution in [0.1, 0.15) is 11.4 Å². The lowest BCUT2D eigenvalue weighted by Gasteiger charge is -2.27. The van der Waals surface area contributed by atoms with Crippen LogP contribution in [0.4, 0.5) is 5.69 Å². The van der Waals surface area contributed by atoms with Gasteiger partial charge in [-0.2, -0.15) is 5.10 Å². The van der Waals surface area contributed by atoms with Crippen LogP contribution in [-0.2, 0) is 11.3 Å². The molecule has 104 valence electrons. The Hall–Kier alpha value is -1.96. The highest BCUT2D eigenvalue weighted by Crippen LogP contribution is 2.21. The predicted octanol–water partition coefficient (Wildman–Crippen LogP) is -0.160. The summed E-state index contributed by atoms with van der Waals surface area (Å²) >= 11 is 0. The molecule has 1 aliphatic rings. The molecule has 1 N–H and O–H groups in total. The number of carbonyl (C=O) groups is 1. The molecule has 19 heavy (non-hydrogen) atoms. The second kappa shape index (κ2) is 5.35. The summed E-state index contributed by atoms with van der Waals surface area (Å²) in [5.41, 5.74) is 0.759. The van der Waals surface area contributed by atoms with Gasteiger partial charge in [-0.25, -0.2) is 0 Å². The summed E-state index contributed by atoms with van der Waals surface area (Å²) in [7, 11) is 0. The highest BCUT2D eigenvalue weighted by molar-refractivity contribution is 5.76. The molecule has 0 spiro atoms. The lowest BCUT2D eigenvalue weighted by atomic mass is 10.3. The molecule has 1 fully saturated rings. The van der Waals surface area contributed by atoms with Crippen molar-refractivity contribution in [3.8, 4) is 0 Å². The van der Waals surface area contributed by atoms with Gasteiger partial charge in [0, 0.05) is 26.2 Å². The molecule has 1 saturated heterocycles. The molecule has 1 amide bonds. The minimum absolute atomic E-state index is 0.00638. The lowest BCUT2D eigenvalue weighted by Crippen LogP contribution is -2.47. The molecular formula is C11H17N5O3. The van der Waals surface area contributed by atoms with E-state index >= 15 is 0 Å². The van der Waals surface area contributed by atoms with Crippen LogP contribution in [0.15, 0.2) is 0 Å². The second-order valence-electron chi connectivity index (χ2n) is 4.56. The molecule has 1 aromatic heterocycles. The standard InChI is InChI=1S/C11H17N5O3/c1-8-11(16(18)19)9(2)15(13-8)7-10(17)14-5-3-12-4-6-14/h12H,3-7H2,1-2H3. The van der Waals surface area contributed by atoms with Crippen molar-refractivity contribution in [3.63, 3.8) is 0 Å². The van der Waals surface area contributed by atoms with E-state index < -0.39 is 4.92 Å². The molecule has 0 saturated carbocycles. The van der Waals surface area contributed by atoms with E-state index in [4.69, 9.17) is 0 Å². The fourth-order valence-corrected chi connectivity index (χ4v) is 2.25. The number of aromatic nitrogens is 2. The predicted molar refractivity (Wildman–Crippen MR) is 67.8 cm³/mol. The Morgan fingerprint density at radius 2 is 2.05 bits per heavy atom. The molecule has 8 nitrogen and oxygen atoms in total. The number of nitrogens with zero attached hydrogens (tertiary/aromatic N) is 4. The van der Waals surface area contributed by atoms with Crippen LogP contribution in [0, 0.1) is 24.0 Å². The van der Waals surface area contributed by atoms with Crippen LogP contribution in [0.25, 0.3) is 0 Å². The zero-order chi connectivity index (χ0) is 14.0. The number of hydrogen-bond acceptors (Lipinski definition) is 5. The first-order chi connectivity index (χ1) is 9.00. The van der Waals surface area contributed by atoms with Gasteiger partial charge in [-0.15, -0.1) is 0 Å². The van der Waals surface area contributed by atoms with Gasteiger partial charge in [0.25, 0.3) is 0 Å². The van der Waals surface area contributed by atoms with Crippen LogP contribution in [0.3, 0.4) is 0 Å². The van der Waals surface area contributed by atoms with E-state index in [0.717, 1.165) is 13.1 Å². The van der Waals surface area contributed by atoms with Gasteiger partial charge in [0.1, 0.15) is 17.9 Å². The van der Waals surface area contributed by atoms with E-state index in [1.807, 2.05) is 0 Å². The van der Waals surface area contributed by atoms with Gasteiger partial charge in [0.2, 0.25) is 5.91 Å². The van der Waals surface area contributed by atoms with Crippen molar-refractivity contribution in [2.24, 2.45) is 0 Å². The summed E-state index contributed by atoms with van der Waals surface area (Å²) in [4.78, 5) is 24.3. The van der Waals surface area contributed by atoms with Gasteiger partial charge in [0.05, 0.1) is 4.92 Å². The Morgan fingerprint density at radius 1 is 1.42 bits per heavy atom. The second-order valence-corrected chi connectivity index (χ2v) is 4.56. The highest BCUT2D eigenvalue weighted by Gasteiger charge is 2.24. The molecule has 0 aromatic carbocycles. The summed E-state index contributed by atoms with van der Waals surface area (Å²) in [5, 5.41) is 18.1. The van der Waals surface area contributed by atoms with E-state index in [2.05, 4.69) is 10.4 Å². The third-order valence-electron chi connectivity index (χ3n) is 3.28. The smallest absolute Gasteiger partial charge is 0.312 e. The van der Waals surface area contributed by atoms with E-state index in [-0.39, 0.29) is 18.1 Å². The van der Waals surface area contributed by atoms with Crippen molar-refractivity contribution < 1.29 is 9.72 Å². The average molecular weight is 267 g/mol. The summed E-state index contributed by atoms with van der Waals surface area (Å²) in [6.07, 6.45) is 0. The Labute approximate surface area is 110 Å². The molecule has 0 bridgehead atoms. The Kier molecular flexibility index (Phi) is 3.79. The van der Waals surface area contributed by atoms with E-state index in [1.165, 1.54) is 4.68 Å². The van der Waals surface area contributed by atoms with Gasteiger partial charge in [0.15, 0.2) is 0 Å². The van der Waals surface area contributed by atoms with Crippen LogP contribution in [0.5, 0.6) is 0 Å². The maximum absolute atomic E-state index is 12.1. The minimum Gasteiger partial charge on any atom is -0.339 e. The monoisotopic (exact) mass is 267 g/mol. The minimum atomic E-state index is -0.455. The molecular weight excluding hydrogens is 250 g/mol. The van der Waals surface area contributed by atoms with Gasteiger partial charge in [-0.05, 0) is 13.8 Å². The van der Waals surface area contributed by atoms with E-state index in [0.29, 0.717) is 24.5 Å². The molecule has 8 heteroatoms. The lowest BCUT2D eigenvalue weighted by molar-refractivity contribution is -0.386. The quantitative estimate of drug-likeness (QED) is 0.606. The molecule has 2 rings (SSSR count). The van der Waals surface area contributed by atoms with Gasteiger partial charge < -0.3 is 10.2 Å². The normalized spacial score (nSPS) is 15.6. The highest BCUT2D eigenvalue weighted by atomic mass is 16.6. The van der Waals surface area contributed by atoms with Crippen LogP contribution < -0.4 is 5.32 Å². The molecule has 0 aliphatic carbocycles. The first kappa shape index (κ1) is 13.5. The zero-order valence-electron chi connectivity index (χ0n) is 11.0. The van der Waals surface area contributed by atoms with Crippen LogP contribution in [-0.4, -0.2) is 51.7 Å². The molecule has 0 radical (unpaired) electrons. The zero-order valence-corrected chi connectivity index (χ0v) is 11.0. The molecule has 1 aromatic rings.